The number of hydrogen-bond donors (Lipinski definition) is 1. The molecule has 7 nitrogen and oxygen atoms in total. The van der Waals surface area contributed by atoms with Crippen LogP contribution in [0.4, 0.5) is 13.2 Å². The standard InChI is InChI=1S/C23H25F3N2O5S2/c1-2-33-21(29)20(15-34-14-16-6-4-3-5-7-16)27-35(31,32)19-9-8-17-10-11-28(13-18(17)12-19)22(30)23(24,25)26/h3-9,12,20,27H,2,10-11,13-15H2,1H3. The predicted molar refractivity (Wildman–Crippen MR) is 125 cm³/mol. The maximum absolute atomic E-state index is 13.1. The van der Waals surface area contributed by atoms with Gasteiger partial charge in [-0.25, -0.2) is 8.42 Å². The van der Waals surface area contributed by atoms with E-state index in [0.29, 0.717) is 21.8 Å². The fraction of sp³-hybridized carbons (Fsp3) is 0.391. The summed E-state index contributed by atoms with van der Waals surface area (Å²) in [5, 5.41) is 0. The van der Waals surface area contributed by atoms with Crippen molar-refractivity contribution in [3.8, 4) is 0 Å². The number of rotatable bonds is 9. The van der Waals surface area contributed by atoms with Gasteiger partial charge in [0.25, 0.3) is 0 Å². The summed E-state index contributed by atoms with van der Waals surface area (Å²) in [6.45, 7) is 1.21. The van der Waals surface area contributed by atoms with Crippen molar-refractivity contribution in [3.63, 3.8) is 0 Å². The molecule has 0 bridgehead atoms. The molecule has 12 heteroatoms. The minimum absolute atomic E-state index is 0.0718. The summed E-state index contributed by atoms with van der Waals surface area (Å²) in [7, 11) is -4.21. The zero-order valence-electron chi connectivity index (χ0n) is 18.9. The lowest BCUT2D eigenvalue weighted by Crippen LogP contribution is -2.44. The summed E-state index contributed by atoms with van der Waals surface area (Å²) >= 11 is 1.35. The highest BCUT2D eigenvalue weighted by atomic mass is 32.2. The van der Waals surface area contributed by atoms with Crippen LogP contribution in [-0.4, -0.2) is 56.3 Å². The topological polar surface area (TPSA) is 92.8 Å². The predicted octanol–water partition coefficient (Wildman–Crippen LogP) is 3.28. The van der Waals surface area contributed by atoms with Gasteiger partial charge in [-0.3, -0.25) is 9.59 Å². The number of benzene rings is 2. The Morgan fingerprint density at radius 2 is 1.86 bits per heavy atom. The third-order valence-electron chi connectivity index (χ3n) is 5.29. The Kier molecular flexibility index (Phi) is 8.84. The van der Waals surface area contributed by atoms with E-state index in [2.05, 4.69) is 4.72 Å². The fourth-order valence-corrected chi connectivity index (χ4v) is 5.91. The molecule has 1 amide bonds. The molecule has 3 rings (SSSR count). The first-order chi connectivity index (χ1) is 16.5. The number of thioether (sulfide) groups is 1. The number of esters is 1. The lowest BCUT2D eigenvalue weighted by Gasteiger charge is -2.29. The third-order valence-corrected chi connectivity index (χ3v) is 7.87. The molecule has 1 N–H and O–H groups in total. The molecule has 0 radical (unpaired) electrons. The van der Waals surface area contributed by atoms with E-state index < -0.39 is 34.1 Å². The van der Waals surface area contributed by atoms with Crippen LogP contribution in [0.25, 0.3) is 0 Å². The van der Waals surface area contributed by atoms with Crippen molar-refractivity contribution in [1.82, 2.24) is 9.62 Å². The van der Waals surface area contributed by atoms with Crippen LogP contribution in [0.1, 0.15) is 23.6 Å². The number of hydrogen-bond acceptors (Lipinski definition) is 6. The van der Waals surface area contributed by atoms with Crippen molar-refractivity contribution < 1.29 is 35.9 Å². The summed E-state index contributed by atoms with van der Waals surface area (Å²) in [5.41, 5.74) is 1.98. The molecule has 35 heavy (non-hydrogen) atoms. The van der Waals surface area contributed by atoms with Gasteiger partial charge in [-0.15, -0.1) is 0 Å². The molecule has 0 fully saturated rings. The molecule has 2 aromatic carbocycles. The molecule has 0 aromatic heterocycles. The van der Waals surface area contributed by atoms with Gasteiger partial charge in [0.05, 0.1) is 11.5 Å². The Bertz CT molecular complexity index is 1160. The second kappa shape index (κ2) is 11.4. The highest BCUT2D eigenvalue weighted by molar-refractivity contribution is 7.98. The summed E-state index contributed by atoms with van der Waals surface area (Å²) in [6.07, 6.45) is -4.83. The van der Waals surface area contributed by atoms with E-state index in [1.54, 1.807) is 6.92 Å². The highest BCUT2D eigenvalue weighted by Crippen LogP contribution is 2.27. The van der Waals surface area contributed by atoms with Gasteiger partial charge in [-0.2, -0.15) is 29.7 Å². The Balaban J connectivity index is 1.75. The maximum Gasteiger partial charge on any atom is 0.471 e. The molecule has 0 saturated carbocycles. The zero-order valence-corrected chi connectivity index (χ0v) is 20.5. The zero-order chi connectivity index (χ0) is 25.6. The summed E-state index contributed by atoms with van der Waals surface area (Å²) in [6, 6.07) is 12.4. The average molecular weight is 531 g/mol. The largest absolute Gasteiger partial charge is 0.471 e. The molecule has 190 valence electrons. The molecule has 1 heterocycles. The minimum Gasteiger partial charge on any atom is -0.465 e. The van der Waals surface area contributed by atoms with Crippen molar-refractivity contribution in [2.75, 3.05) is 18.9 Å². The fourth-order valence-electron chi connectivity index (χ4n) is 3.57. The number of carbonyl (C=O) groups is 2. The Morgan fingerprint density at radius 1 is 1.14 bits per heavy atom. The normalized spacial score (nSPS) is 14.8. The van der Waals surface area contributed by atoms with E-state index in [1.807, 2.05) is 30.3 Å². The van der Waals surface area contributed by atoms with Crippen LogP contribution in [0.15, 0.2) is 53.4 Å². The van der Waals surface area contributed by atoms with Crippen LogP contribution < -0.4 is 4.72 Å². The average Bonchev–Trinajstić information content (AvgIpc) is 2.82. The van der Waals surface area contributed by atoms with Crippen molar-refractivity contribution in [2.24, 2.45) is 0 Å². The van der Waals surface area contributed by atoms with Gasteiger partial charge in [-0.05, 0) is 42.2 Å². The molecule has 1 aliphatic heterocycles. The van der Waals surface area contributed by atoms with Crippen LogP contribution in [0, 0.1) is 0 Å². The first-order valence-corrected chi connectivity index (χ1v) is 13.4. The van der Waals surface area contributed by atoms with E-state index >= 15 is 0 Å². The van der Waals surface area contributed by atoms with Crippen molar-refractivity contribution >= 4 is 33.7 Å². The van der Waals surface area contributed by atoms with Gasteiger partial charge in [0.1, 0.15) is 6.04 Å². The lowest BCUT2D eigenvalue weighted by atomic mass is 10.00. The molecule has 1 unspecified atom stereocenters. The quantitative estimate of drug-likeness (QED) is 0.501. The van der Waals surface area contributed by atoms with Crippen molar-refractivity contribution in [1.29, 1.82) is 0 Å². The van der Waals surface area contributed by atoms with E-state index in [1.165, 1.54) is 30.0 Å². The molecule has 2 aromatic rings. The second-order valence-corrected chi connectivity index (χ2v) is 10.6. The van der Waals surface area contributed by atoms with Gasteiger partial charge >= 0.3 is 18.1 Å². The molecule has 0 spiro atoms. The number of nitrogens with one attached hydrogen (secondary N) is 1. The Labute approximate surface area is 206 Å². The second-order valence-electron chi connectivity index (χ2n) is 7.83. The molecular formula is C23H25F3N2O5S2. The van der Waals surface area contributed by atoms with Gasteiger partial charge < -0.3 is 9.64 Å². The number of alkyl halides is 3. The van der Waals surface area contributed by atoms with Gasteiger partial charge in [0, 0.05) is 24.6 Å². The molecular weight excluding hydrogens is 505 g/mol. The van der Waals surface area contributed by atoms with Crippen molar-refractivity contribution in [3.05, 3.63) is 65.2 Å². The van der Waals surface area contributed by atoms with Crippen LogP contribution in [0.5, 0.6) is 0 Å². The number of fused-ring (bicyclic) bond motifs is 1. The summed E-state index contributed by atoms with van der Waals surface area (Å²) in [5.74, 6) is -2.02. The minimum atomic E-state index is -5.01. The number of nitrogens with zero attached hydrogens (tertiary/aromatic N) is 1. The van der Waals surface area contributed by atoms with Crippen molar-refractivity contribution in [2.45, 2.75) is 42.8 Å². The molecule has 0 aliphatic carbocycles. The lowest BCUT2D eigenvalue weighted by molar-refractivity contribution is -0.186. The molecule has 1 aliphatic rings. The van der Waals surface area contributed by atoms with Crippen LogP contribution in [-0.2, 0) is 43.1 Å². The third kappa shape index (κ3) is 7.21. The molecule has 0 saturated heterocycles. The number of amides is 1. The Morgan fingerprint density at radius 3 is 2.51 bits per heavy atom. The van der Waals surface area contributed by atoms with E-state index in [-0.39, 0.29) is 36.8 Å². The SMILES string of the molecule is CCOC(=O)C(CSCc1ccccc1)NS(=O)(=O)c1ccc2c(c1)CN(C(=O)C(F)(F)F)CC2. The summed E-state index contributed by atoms with van der Waals surface area (Å²) in [4.78, 5) is 24.5. The summed E-state index contributed by atoms with van der Waals surface area (Å²) < 4.78 is 72.0. The van der Waals surface area contributed by atoms with Crippen LogP contribution in [0.3, 0.4) is 0 Å². The number of ether oxygens (including phenoxy) is 1. The van der Waals surface area contributed by atoms with Gasteiger partial charge in [-0.1, -0.05) is 36.4 Å². The first-order valence-electron chi connectivity index (χ1n) is 10.8. The van der Waals surface area contributed by atoms with E-state index in [4.69, 9.17) is 4.74 Å². The molecule has 1 atom stereocenters. The number of carbonyl (C=O) groups excluding carboxylic acids is 2. The number of sulfonamides is 1. The number of halogens is 3. The monoisotopic (exact) mass is 530 g/mol. The van der Waals surface area contributed by atoms with Crippen LogP contribution in [0.2, 0.25) is 0 Å². The maximum atomic E-state index is 13.1. The van der Waals surface area contributed by atoms with E-state index in [0.717, 1.165) is 5.56 Å². The smallest absolute Gasteiger partial charge is 0.465 e. The van der Waals surface area contributed by atoms with Gasteiger partial charge in [0.15, 0.2) is 0 Å². The Hall–Kier alpha value is -2.57. The van der Waals surface area contributed by atoms with Gasteiger partial charge in [0.2, 0.25) is 10.0 Å². The highest BCUT2D eigenvalue weighted by Gasteiger charge is 2.43. The first kappa shape index (κ1) is 27.0. The van der Waals surface area contributed by atoms with Crippen LogP contribution >= 0.6 is 11.8 Å². The van der Waals surface area contributed by atoms with E-state index in [9.17, 15) is 31.2 Å².